The van der Waals surface area contributed by atoms with E-state index in [9.17, 15) is 0 Å². The Kier molecular flexibility index (Phi) is 4.76. The van der Waals surface area contributed by atoms with Gasteiger partial charge in [-0.05, 0) is 63.4 Å². The first-order valence-corrected chi connectivity index (χ1v) is 8.44. The predicted molar refractivity (Wildman–Crippen MR) is 87.5 cm³/mol. The van der Waals surface area contributed by atoms with Crippen molar-refractivity contribution in [2.75, 3.05) is 31.1 Å². The van der Waals surface area contributed by atoms with E-state index in [1.54, 1.807) is 0 Å². The van der Waals surface area contributed by atoms with E-state index in [2.05, 4.69) is 20.9 Å². The highest BCUT2D eigenvalue weighted by Crippen LogP contribution is 2.24. The number of anilines is 1. The zero-order chi connectivity index (χ0) is 14.7. The fourth-order valence-electron chi connectivity index (χ4n) is 3.63. The molecule has 1 atom stereocenters. The Morgan fingerprint density at radius 2 is 1.86 bits per heavy atom. The van der Waals surface area contributed by atoms with Crippen molar-refractivity contribution in [3.05, 3.63) is 23.9 Å². The van der Waals surface area contributed by atoms with Gasteiger partial charge in [0.1, 0.15) is 5.82 Å². The maximum absolute atomic E-state index is 5.98. The summed E-state index contributed by atoms with van der Waals surface area (Å²) in [5.41, 5.74) is 7.16. The highest BCUT2D eigenvalue weighted by molar-refractivity contribution is 5.42. The van der Waals surface area contributed by atoms with Crippen LogP contribution in [0, 0.1) is 0 Å². The van der Waals surface area contributed by atoms with Gasteiger partial charge in [0, 0.05) is 31.4 Å². The lowest BCUT2D eigenvalue weighted by Gasteiger charge is -2.40. The molecule has 2 saturated heterocycles. The fraction of sp³-hybridized carbons (Fsp3) is 0.706. The van der Waals surface area contributed by atoms with Crippen molar-refractivity contribution in [2.24, 2.45) is 5.73 Å². The molecular formula is C17H28N4. The van der Waals surface area contributed by atoms with Crippen LogP contribution in [-0.2, 0) is 0 Å². The average Bonchev–Trinajstić information content (AvgIpc) is 2.56. The van der Waals surface area contributed by atoms with Crippen LogP contribution in [0.4, 0.5) is 5.82 Å². The van der Waals surface area contributed by atoms with Gasteiger partial charge in [-0.3, -0.25) is 0 Å². The van der Waals surface area contributed by atoms with Crippen LogP contribution in [-0.4, -0.2) is 42.1 Å². The van der Waals surface area contributed by atoms with Crippen LogP contribution in [0.5, 0.6) is 0 Å². The number of aromatic nitrogens is 1. The number of likely N-dealkylation sites (tertiary alicyclic amines) is 1. The van der Waals surface area contributed by atoms with Gasteiger partial charge in [-0.15, -0.1) is 0 Å². The molecule has 3 rings (SSSR count). The third kappa shape index (κ3) is 3.55. The molecule has 3 heterocycles. The summed E-state index contributed by atoms with van der Waals surface area (Å²) < 4.78 is 0. The van der Waals surface area contributed by atoms with Gasteiger partial charge in [0.25, 0.3) is 0 Å². The first-order valence-electron chi connectivity index (χ1n) is 8.44. The van der Waals surface area contributed by atoms with Crippen LogP contribution in [0.15, 0.2) is 18.3 Å². The molecule has 0 aromatic carbocycles. The van der Waals surface area contributed by atoms with Gasteiger partial charge in [0.05, 0.1) is 0 Å². The molecule has 1 aromatic heterocycles. The van der Waals surface area contributed by atoms with Gasteiger partial charge in [0.2, 0.25) is 0 Å². The molecule has 0 saturated carbocycles. The summed E-state index contributed by atoms with van der Waals surface area (Å²) >= 11 is 0. The molecule has 2 aliphatic rings. The zero-order valence-electron chi connectivity index (χ0n) is 13.2. The third-order valence-corrected chi connectivity index (χ3v) is 4.99. The molecule has 0 unspecified atom stereocenters. The summed E-state index contributed by atoms with van der Waals surface area (Å²) in [4.78, 5) is 9.68. The Bertz CT molecular complexity index is 446. The van der Waals surface area contributed by atoms with E-state index < -0.39 is 0 Å². The van der Waals surface area contributed by atoms with Gasteiger partial charge in [-0.25, -0.2) is 4.98 Å². The molecule has 2 fully saturated rings. The number of hydrogen-bond donors (Lipinski definition) is 1. The third-order valence-electron chi connectivity index (χ3n) is 4.99. The second kappa shape index (κ2) is 6.75. The van der Waals surface area contributed by atoms with Gasteiger partial charge in [-0.2, -0.15) is 0 Å². The molecule has 0 bridgehead atoms. The number of hydrogen-bond acceptors (Lipinski definition) is 4. The average molecular weight is 288 g/mol. The van der Waals surface area contributed by atoms with Crippen molar-refractivity contribution in [2.45, 2.75) is 51.1 Å². The highest BCUT2D eigenvalue weighted by atomic mass is 15.2. The summed E-state index contributed by atoms with van der Waals surface area (Å²) in [6.07, 6.45) is 8.62. The summed E-state index contributed by atoms with van der Waals surface area (Å²) in [6.45, 7) is 6.89. The Morgan fingerprint density at radius 1 is 1.14 bits per heavy atom. The fourth-order valence-corrected chi connectivity index (χ4v) is 3.63. The SMILES string of the molecule is C[C@@H](N)c1ccnc(N2CCC(N3CCCCC3)CC2)c1. The first-order chi connectivity index (χ1) is 10.2. The summed E-state index contributed by atoms with van der Waals surface area (Å²) in [7, 11) is 0. The van der Waals surface area contributed by atoms with E-state index in [1.807, 2.05) is 19.2 Å². The molecule has 0 spiro atoms. The first kappa shape index (κ1) is 14.8. The minimum Gasteiger partial charge on any atom is -0.356 e. The zero-order valence-corrected chi connectivity index (χ0v) is 13.2. The predicted octanol–water partition coefficient (Wildman–Crippen LogP) is 2.56. The van der Waals surface area contributed by atoms with Crippen LogP contribution in [0.25, 0.3) is 0 Å². The lowest BCUT2D eigenvalue weighted by molar-refractivity contribution is 0.141. The van der Waals surface area contributed by atoms with Gasteiger partial charge in [-0.1, -0.05) is 6.42 Å². The molecule has 4 heteroatoms. The topological polar surface area (TPSA) is 45.4 Å². The number of nitrogens with zero attached hydrogens (tertiary/aromatic N) is 3. The molecule has 2 aliphatic heterocycles. The van der Waals surface area contributed by atoms with E-state index >= 15 is 0 Å². The van der Waals surface area contributed by atoms with Crippen molar-refractivity contribution >= 4 is 5.82 Å². The van der Waals surface area contributed by atoms with Crippen molar-refractivity contribution in [1.82, 2.24) is 9.88 Å². The molecule has 116 valence electrons. The lowest BCUT2D eigenvalue weighted by Crippen LogP contribution is -2.46. The number of pyridine rings is 1. The second-order valence-corrected chi connectivity index (χ2v) is 6.55. The van der Waals surface area contributed by atoms with Crippen LogP contribution < -0.4 is 10.6 Å². The van der Waals surface area contributed by atoms with Crippen molar-refractivity contribution in [3.63, 3.8) is 0 Å². The van der Waals surface area contributed by atoms with E-state index in [0.29, 0.717) is 0 Å². The molecule has 0 aliphatic carbocycles. The monoisotopic (exact) mass is 288 g/mol. The number of nitrogens with two attached hydrogens (primary N) is 1. The van der Waals surface area contributed by atoms with E-state index in [-0.39, 0.29) is 6.04 Å². The molecule has 0 amide bonds. The quantitative estimate of drug-likeness (QED) is 0.928. The minimum absolute atomic E-state index is 0.0811. The lowest BCUT2D eigenvalue weighted by atomic mass is 10.00. The van der Waals surface area contributed by atoms with Crippen molar-refractivity contribution in [1.29, 1.82) is 0 Å². The Labute approximate surface area is 128 Å². The standard InChI is InChI=1S/C17H28N4/c1-14(18)15-5-8-19-17(13-15)21-11-6-16(7-12-21)20-9-3-2-4-10-20/h5,8,13-14,16H,2-4,6-7,9-12,18H2,1H3/t14-/m1/s1. The maximum atomic E-state index is 5.98. The van der Waals surface area contributed by atoms with Crippen LogP contribution >= 0.6 is 0 Å². The van der Waals surface area contributed by atoms with Gasteiger partial charge < -0.3 is 15.5 Å². The maximum Gasteiger partial charge on any atom is 0.128 e. The molecule has 0 radical (unpaired) electrons. The van der Waals surface area contributed by atoms with Crippen LogP contribution in [0.3, 0.4) is 0 Å². The Balaban J connectivity index is 1.59. The number of piperidine rings is 2. The molecule has 2 N–H and O–H groups in total. The van der Waals surface area contributed by atoms with E-state index in [4.69, 9.17) is 5.73 Å². The second-order valence-electron chi connectivity index (χ2n) is 6.55. The molecule has 4 nitrogen and oxygen atoms in total. The molecular weight excluding hydrogens is 260 g/mol. The minimum atomic E-state index is 0.0811. The van der Waals surface area contributed by atoms with Gasteiger partial charge >= 0.3 is 0 Å². The summed E-state index contributed by atoms with van der Waals surface area (Å²) in [5.74, 6) is 1.10. The Hall–Kier alpha value is -1.13. The summed E-state index contributed by atoms with van der Waals surface area (Å²) in [6, 6.07) is 5.05. The Morgan fingerprint density at radius 3 is 2.52 bits per heavy atom. The van der Waals surface area contributed by atoms with Gasteiger partial charge in [0.15, 0.2) is 0 Å². The molecule has 21 heavy (non-hydrogen) atoms. The van der Waals surface area contributed by atoms with Crippen molar-refractivity contribution in [3.8, 4) is 0 Å². The van der Waals surface area contributed by atoms with Crippen molar-refractivity contribution < 1.29 is 0 Å². The van der Waals surface area contributed by atoms with E-state index in [1.165, 1.54) is 50.8 Å². The highest BCUT2D eigenvalue weighted by Gasteiger charge is 2.26. The normalized spacial score (nSPS) is 23.2. The van der Waals surface area contributed by atoms with E-state index in [0.717, 1.165) is 24.9 Å². The smallest absolute Gasteiger partial charge is 0.128 e. The summed E-state index contributed by atoms with van der Waals surface area (Å²) in [5, 5.41) is 0. The largest absolute Gasteiger partial charge is 0.356 e. The number of rotatable bonds is 3. The molecule has 1 aromatic rings. The van der Waals surface area contributed by atoms with Crippen LogP contribution in [0.2, 0.25) is 0 Å². The van der Waals surface area contributed by atoms with Crippen LogP contribution in [0.1, 0.15) is 50.6 Å².